The lowest BCUT2D eigenvalue weighted by molar-refractivity contribution is -0.130. The molecule has 2 unspecified atom stereocenters. The molecule has 33 heavy (non-hydrogen) atoms. The Bertz CT molecular complexity index is 1110. The molecule has 2 aromatic carbocycles. The standard InChI is InChI=1S/C23H25FN2O6S/c24-17-8-6-15(7-9-17)21(22(27)26-18-10-11-18)32-23(28)16-3-1-5-20(13-16)33(29,30)25-14-19-4-2-12-31-19/h1,3,5-9,13,18-19,21,25H,2,4,10-12,14H2,(H,26,27). The fourth-order valence-electron chi connectivity index (χ4n) is 3.47. The third-order valence-electron chi connectivity index (χ3n) is 5.46. The van der Waals surface area contributed by atoms with E-state index in [0.717, 1.165) is 25.7 Å². The Hall–Kier alpha value is -2.82. The molecule has 8 nitrogen and oxygen atoms in total. The van der Waals surface area contributed by atoms with E-state index in [0.29, 0.717) is 12.2 Å². The zero-order valence-electron chi connectivity index (χ0n) is 17.8. The van der Waals surface area contributed by atoms with E-state index in [2.05, 4.69) is 10.0 Å². The smallest absolute Gasteiger partial charge is 0.339 e. The molecule has 0 radical (unpaired) electrons. The van der Waals surface area contributed by atoms with Gasteiger partial charge in [0.25, 0.3) is 5.91 Å². The first-order valence-corrected chi connectivity index (χ1v) is 12.3. The van der Waals surface area contributed by atoms with Gasteiger partial charge in [-0.05, 0) is 56.0 Å². The molecular formula is C23H25FN2O6S. The molecule has 2 fully saturated rings. The summed E-state index contributed by atoms with van der Waals surface area (Å²) in [5.74, 6) is -1.87. The fraction of sp³-hybridized carbons (Fsp3) is 0.391. The Kier molecular flexibility index (Phi) is 7.06. The summed E-state index contributed by atoms with van der Waals surface area (Å²) in [4.78, 5) is 25.4. The van der Waals surface area contributed by atoms with Gasteiger partial charge in [-0.3, -0.25) is 4.79 Å². The highest BCUT2D eigenvalue weighted by Crippen LogP contribution is 2.25. The second kappa shape index (κ2) is 9.98. The maximum Gasteiger partial charge on any atom is 0.339 e. The van der Waals surface area contributed by atoms with Gasteiger partial charge in [-0.2, -0.15) is 0 Å². The average molecular weight is 477 g/mol. The van der Waals surface area contributed by atoms with Gasteiger partial charge in [-0.1, -0.05) is 18.2 Å². The Morgan fingerprint density at radius 1 is 1.12 bits per heavy atom. The van der Waals surface area contributed by atoms with Crippen LogP contribution in [0.3, 0.4) is 0 Å². The number of carbonyl (C=O) groups is 2. The molecule has 1 saturated carbocycles. The maximum atomic E-state index is 13.3. The number of hydrogen-bond donors (Lipinski definition) is 2. The lowest BCUT2D eigenvalue weighted by Crippen LogP contribution is -2.33. The van der Waals surface area contributed by atoms with Crippen LogP contribution in [0.2, 0.25) is 0 Å². The number of benzene rings is 2. The highest BCUT2D eigenvalue weighted by molar-refractivity contribution is 7.89. The van der Waals surface area contributed by atoms with E-state index in [-0.39, 0.29) is 29.1 Å². The summed E-state index contributed by atoms with van der Waals surface area (Å²) >= 11 is 0. The molecule has 2 aliphatic rings. The van der Waals surface area contributed by atoms with Gasteiger partial charge in [0.1, 0.15) is 5.82 Å². The third kappa shape index (κ3) is 6.16. The van der Waals surface area contributed by atoms with Crippen LogP contribution < -0.4 is 10.0 Å². The van der Waals surface area contributed by atoms with Gasteiger partial charge in [0.15, 0.2) is 0 Å². The summed E-state index contributed by atoms with van der Waals surface area (Å²) in [6.45, 7) is 0.752. The van der Waals surface area contributed by atoms with E-state index in [1.807, 2.05) is 0 Å². The highest BCUT2D eigenvalue weighted by atomic mass is 32.2. The second-order valence-electron chi connectivity index (χ2n) is 8.13. The minimum atomic E-state index is -3.87. The molecule has 1 amide bonds. The number of carbonyl (C=O) groups excluding carboxylic acids is 2. The number of sulfonamides is 1. The molecule has 1 heterocycles. The quantitative estimate of drug-likeness (QED) is 0.538. The molecule has 2 N–H and O–H groups in total. The van der Waals surface area contributed by atoms with Crippen LogP contribution in [0.15, 0.2) is 53.4 Å². The van der Waals surface area contributed by atoms with E-state index in [1.54, 1.807) is 0 Å². The number of rotatable bonds is 9. The Labute approximate surface area is 191 Å². The van der Waals surface area contributed by atoms with E-state index in [9.17, 15) is 22.4 Å². The molecule has 0 bridgehead atoms. The summed E-state index contributed by atoms with van der Waals surface area (Å²) in [7, 11) is -3.87. The van der Waals surface area contributed by atoms with Crippen LogP contribution in [0.25, 0.3) is 0 Å². The Morgan fingerprint density at radius 3 is 2.55 bits per heavy atom. The normalized spacial score (nSPS) is 19.1. The molecule has 176 valence electrons. The summed E-state index contributed by atoms with van der Waals surface area (Å²) in [6.07, 6.45) is 1.88. The van der Waals surface area contributed by atoms with Crippen LogP contribution in [-0.2, 0) is 24.3 Å². The van der Waals surface area contributed by atoms with Gasteiger partial charge in [0, 0.05) is 24.8 Å². The third-order valence-corrected chi connectivity index (χ3v) is 6.89. The van der Waals surface area contributed by atoms with Crippen molar-refractivity contribution in [3.8, 4) is 0 Å². The molecule has 0 spiro atoms. The highest BCUT2D eigenvalue weighted by Gasteiger charge is 2.31. The van der Waals surface area contributed by atoms with Crippen molar-refractivity contribution in [1.82, 2.24) is 10.0 Å². The largest absolute Gasteiger partial charge is 0.444 e. The first-order valence-electron chi connectivity index (χ1n) is 10.8. The van der Waals surface area contributed by atoms with Gasteiger partial charge in [-0.15, -0.1) is 0 Å². The van der Waals surface area contributed by atoms with E-state index >= 15 is 0 Å². The van der Waals surface area contributed by atoms with Crippen molar-refractivity contribution in [3.63, 3.8) is 0 Å². The molecular weight excluding hydrogens is 451 g/mol. The zero-order chi connectivity index (χ0) is 23.4. The number of nitrogens with one attached hydrogen (secondary N) is 2. The fourth-order valence-corrected chi connectivity index (χ4v) is 4.58. The van der Waals surface area contributed by atoms with Gasteiger partial charge < -0.3 is 14.8 Å². The lowest BCUT2D eigenvalue weighted by atomic mass is 10.1. The average Bonchev–Trinajstić information content (AvgIpc) is 3.46. The summed E-state index contributed by atoms with van der Waals surface area (Å²) < 4.78 is 52.0. The molecule has 2 aromatic rings. The van der Waals surface area contributed by atoms with Crippen molar-refractivity contribution in [3.05, 3.63) is 65.5 Å². The Morgan fingerprint density at radius 2 is 1.88 bits per heavy atom. The van der Waals surface area contributed by atoms with Gasteiger partial charge in [-0.25, -0.2) is 22.3 Å². The summed E-state index contributed by atoms with van der Waals surface area (Å²) in [6, 6.07) is 10.5. The first kappa shape index (κ1) is 23.3. The van der Waals surface area contributed by atoms with Crippen LogP contribution in [-0.4, -0.2) is 45.6 Å². The topological polar surface area (TPSA) is 111 Å². The van der Waals surface area contributed by atoms with E-state index in [1.165, 1.54) is 48.5 Å². The second-order valence-corrected chi connectivity index (χ2v) is 9.90. The van der Waals surface area contributed by atoms with Crippen LogP contribution in [0.4, 0.5) is 4.39 Å². The van der Waals surface area contributed by atoms with Crippen molar-refractivity contribution < 1.29 is 31.9 Å². The predicted octanol–water partition coefficient (Wildman–Crippen LogP) is 2.46. The van der Waals surface area contributed by atoms with Gasteiger partial charge in [0.2, 0.25) is 16.1 Å². The van der Waals surface area contributed by atoms with Crippen molar-refractivity contribution >= 4 is 21.9 Å². The van der Waals surface area contributed by atoms with Crippen molar-refractivity contribution in [2.24, 2.45) is 0 Å². The minimum absolute atomic E-state index is 0.0266. The van der Waals surface area contributed by atoms with Crippen LogP contribution in [0.1, 0.15) is 47.7 Å². The van der Waals surface area contributed by atoms with Crippen LogP contribution >= 0.6 is 0 Å². The first-order chi connectivity index (χ1) is 15.8. The monoisotopic (exact) mass is 476 g/mol. The SMILES string of the molecule is O=C(OC(C(=O)NC1CC1)c1ccc(F)cc1)c1cccc(S(=O)(=O)NCC2CCCO2)c1. The van der Waals surface area contributed by atoms with Crippen molar-refractivity contribution in [1.29, 1.82) is 0 Å². The molecule has 1 saturated heterocycles. The number of ether oxygens (including phenoxy) is 2. The van der Waals surface area contributed by atoms with Crippen molar-refractivity contribution in [2.75, 3.05) is 13.2 Å². The molecule has 0 aromatic heterocycles. The maximum absolute atomic E-state index is 13.3. The van der Waals surface area contributed by atoms with Crippen LogP contribution in [0.5, 0.6) is 0 Å². The van der Waals surface area contributed by atoms with E-state index < -0.39 is 33.8 Å². The van der Waals surface area contributed by atoms with Crippen LogP contribution in [0, 0.1) is 5.82 Å². The van der Waals surface area contributed by atoms with Gasteiger partial charge in [0.05, 0.1) is 16.6 Å². The number of esters is 1. The predicted molar refractivity (Wildman–Crippen MR) is 116 cm³/mol. The summed E-state index contributed by atoms with van der Waals surface area (Å²) in [5.41, 5.74) is 0.284. The molecule has 10 heteroatoms. The summed E-state index contributed by atoms with van der Waals surface area (Å²) in [5, 5.41) is 2.78. The van der Waals surface area contributed by atoms with Gasteiger partial charge >= 0.3 is 5.97 Å². The number of amides is 1. The molecule has 4 rings (SSSR count). The molecule has 2 atom stereocenters. The van der Waals surface area contributed by atoms with E-state index in [4.69, 9.17) is 9.47 Å². The minimum Gasteiger partial charge on any atom is -0.444 e. The Balaban J connectivity index is 1.49. The zero-order valence-corrected chi connectivity index (χ0v) is 18.6. The molecule has 1 aliphatic carbocycles. The number of halogens is 1. The molecule has 1 aliphatic heterocycles. The lowest BCUT2D eigenvalue weighted by Gasteiger charge is -2.18. The number of hydrogen-bond acceptors (Lipinski definition) is 6. The van der Waals surface area contributed by atoms with Crippen molar-refractivity contribution in [2.45, 2.75) is 48.8 Å².